The van der Waals surface area contributed by atoms with Crippen LogP contribution in [0.2, 0.25) is 0 Å². The molecule has 1 aliphatic carbocycles. The largest absolute Gasteiger partial charge is 0.343 e. The van der Waals surface area contributed by atoms with Gasteiger partial charge in [0.2, 0.25) is 5.91 Å². The highest BCUT2D eigenvalue weighted by Gasteiger charge is 2.57. The monoisotopic (exact) mass is 209 g/mol. The van der Waals surface area contributed by atoms with Gasteiger partial charge in [0.25, 0.3) is 0 Å². The van der Waals surface area contributed by atoms with Crippen molar-refractivity contribution < 1.29 is 4.79 Å². The average Bonchev–Trinajstić information content (AvgIpc) is 2.93. The Labute approximate surface area is 93.3 Å². The number of rotatable bonds is 5. The molecule has 0 radical (unpaired) electrons. The normalized spacial score (nSPS) is 28.7. The van der Waals surface area contributed by atoms with Crippen LogP contribution in [-0.4, -0.2) is 23.9 Å². The Morgan fingerprint density at radius 2 is 1.93 bits per heavy atom. The summed E-state index contributed by atoms with van der Waals surface area (Å²) < 4.78 is 0. The van der Waals surface area contributed by atoms with Gasteiger partial charge in [-0.1, -0.05) is 26.0 Å². The first kappa shape index (κ1) is 12.3. The minimum Gasteiger partial charge on any atom is -0.343 e. The summed E-state index contributed by atoms with van der Waals surface area (Å²) in [7, 11) is 0. The van der Waals surface area contributed by atoms with Gasteiger partial charge in [-0.25, -0.2) is 0 Å². The highest BCUT2D eigenvalue weighted by atomic mass is 16.2. The van der Waals surface area contributed by atoms with Gasteiger partial charge >= 0.3 is 0 Å². The second-order valence-corrected chi connectivity index (χ2v) is 4.66. The molecule has 0 aromatic carbocycles. The molecule has 0 N–H and O–H groups in total. The maximum Gasteiger partial charge on any atom is 0.229 e. The number of carbonyl (C=O) groups is 1. The molecular formula is C13H23NO. The molecule has 1 fully saturated rings. The Morgan fingerprint density at radius 3 is 2.33 bits per heavy atom. The summed E-state index contributed by atoms with van der Waals surface area (Å²) >= 11 is 0. The summed E-state index contributed by atoms with van der Waals surface area (Å²) in [5.74, 6) is 0.739. The van der Waals surface area contributed by atoms with Crippen molar-refractivity contribution in [3.8, 4) is 0 Å². The quantitative estimate of drug-likeness (QED) is 0.638. The van der Waals surface area contributed by atoms with Crippen molar-refractivity contribution in [1.29, 1.82) is 0 Å². The first-order valence-corrected chi connectivity index (χ1v) is 5.98. The second kappa shape index (κ2) is 4.38. The fourth-order valence-electron chi connectivity index (χ4n) is 2.31. The Bertz CT molecular complexity index is 268. The van der Waals surface area contributed by atoms with E-state index in [1.54, 1.807) is 0 Å². The highest BCUT2D eigenvalue weighted by Crippen LogP contribution is 2.57. The van der Waals surface area contributed by atoms with Crippen molar-refractivity contribution in [2.75, 3.05) is 13.1 Å². The third-order valence-corrected chi connectivity index (χ3v) is 3.72. The molecule has 2 nitrogen and oxygen atoms in total. The first-order chi connectivity index (χ1) is 7.01. The van der Waals surface area contributed by atoms with Crippen LogP contribution in [0.1, 0.15) is 40.5 Å². The topological polar surface area (TPSA) is 20.3 Å². The van der Waals surface area contributed by atoms with Crippen LogP contribution < -0.4 is 0 Å². The van der Waals surface area contributed by atoms with Gasteiger partial charge in [0.05, 0.1) is 5.41 Å². The van der Waals surface area contributed by atoms with Gasteiger partial charge in [-0.15, -0.1) is 0 Å². The van der Waals surface area contributed by atoms with Crippen LogP contribution in [0.4, 0.5) is 0 Å². The summed E-state index contributed by atoms with van der Waals surface area (Å²) in [6.07, 6.45) is 1.99. The number of nitrogens with zero attached hydrogens (tertiary/aromatic N) is 1. The lowest BCUT2D eigenvalue weighted by molar-refractivity contribution is -0.136. The molecule has 1 amide bonds. The molecule has 0 aromatic heterocycles. The Morgan fingerprint density at radius 1 is 1.40 bits per heavy atom. The Kier molecular flexibility index (Phi) is 3.58. The smallest absolute Gasteiger partial charge is 0.229 e. The van der Waals surface area contributed by atoms with Crippen molar-refractivity contribution in [3.05, 3.63) is 12.2 Å². The fourth-order valence-corrected chi connectivity index (χ4v) is 2.31. The van der Waals surface area contributed by atoms with Crippen molar-refractivity contribution in [1.82, 2.24) is 4.90 Å². The van der Waals surface area contributed by atoms with Gasteiger partial charge in [0.1, 0.15) is 0 Å². The molecule has 0 saturated heterocycles. The molecule has 1 aliphatic rings. The zero-order chi connectivity index (χ0) is 11.6. The Balaban J connectivity index is 2.66. The van der Waals surface area contributed by atoms with E-state index in [1.807, 2.05) is 18.7 Å². The summed E-state index contributed by atoms with van der Waals surface area (Å²) in [6.45, 7) is 14.0. The molecule has 2 heteroatoms. The van der Waals surface area contributed by atoms with Crippen molar-refractivity contribution in [2.45, 2.75) is 40.5 Å². The maximum absolute atomic E-state index is 12.2. The molecule has 0 aromatic rings. The predicted octanol–water partition coefficient (Wildman–Crippen LogP) is 2.85. The molecule has 2 atom stereocenters. The van der Waals surface area contributed by atoms with Crippen molar-refractivity contribution in [2.24, 2.45) is 11.3 Å². The van der Waals surface area contributed by atoms with Gasteiger partial charge in [-0.2, -0.15) is 0 Å². The third-order valence-electron chi connectivity index (χ3n) is 3.72. The van der Waals surface area contributed by atoms with Crippen LogP contribution in [-0.2, 0) is 4.79 Å². The minimum absolute atomic E-state index is 0.140. The standard InChI is InChI=1S/C13H23NO/c1-6-10(4)11-9-13(11,5)12(15)14(7-2)8-3/h11H,4,6-9H2,1-3,5H3/t11-,13-/m0/s1. The molecule has 15 heavy (non-hydrogen) atoms. The summed E-state index contributed by atoms with van der Waals surface area (Å²) in [5.41, 5.74) is 1.09. The summed E-state index contributed by atoms with van der Waals surface area (Å²) in [4.78, 5) is 14.1. The van der Waals surface area contributed by atoms with Crippen LogP contribution in [0.3, 0.4) is 0 Å². The summed E-state index contributed by atoms with van der Waals surface area (Å²) in [6, 6.07) is 0. The number of amides is 1. The third kappa shape index (κ3) is 2.09. The van der Waals surface area contributed by atoms with Crippen molar-refractivity contribution in [3.63, 3.8) is 0 Å². The molecule has 0 bridgehead atoms. The molecule has 0 heterocycles. The average molecular weight is 209 g/mol. The van der Waals surface area contributed by atoms with Crippen LogP contribution in [0.25, 0.3) is 0 Å². The van der Waals surface area contributed by atoms with E-state index in [4.69, 9.17) is 0 Å². The zero-order valence-corrected chi connectivity index (χ0v) is 10.5. The second-order valence-electron chi connectivity index (χ2n) is 4.66. The molecule has 1 saturated carbocycles. The van der Waals surface area contributed by atoms with Gasteiger partial charge in [-0.3, -0.25) is 4.79 Å². The lowest BCUT2D eigenvalue weighted by Crippen LogP contribution is -2.36. The molecule has 0 aliphatic heterocycles. The van der Waals surface area contributed by atoms with E-state index >= 15 is 0 Å². The molecule has 1 rings (SSSR count). The minimum atomic E-state index is -0.140. The molecular weight excluding hydrogens is 186 g/mol. The first-order valence-electron chi connectivity index (χ1n) is 5.98. The van der Waals surface area contributed by atoms with Gasteiger partial charge < -0.3 is 4.90 Å². The van der Waals surface area contributed by atoms with Gasteiger partial charge in [0, 0.05) is 13.1 Å². The van der Waals surface area contributed by atoms with Gasteiger partial charge in [0.15, 0.2) is 0 Å². The number of carbonyl (C=O) groups excluding carboxylic acids is 1. The van der Waals surface area contributed by atoms with E-state index < -0.39 is 0 Å². The SMILES string of the molecule is C=C(CC)[C@@H]1C[C@]1(C)C(=O)N(CC)CC. The Hall–Kier alpha value is -0.790. The lowest BCUT2D eigenvalue weighted by Gasteiger charge is -2.23. The van der Waals surface area contributed by atoms with E-state index in [2.05, 4.69) is 20.4 Å². The van der Waals surface area contributed by atoms with Crippen molar-refractivity contribution >= 4 is 5.91 Å². The van der Waals surface area contributed by atoms with E-state index in [0.29, 0.717) is 11.8 Å². The van der Waals surface area contributed by atoms with Crippen LogP contribution in [0, 0.1) is 11.3 Å². The maximum atomic E-state index is 12.2. The number of hydrogen-bond acceptors (Lipinski definition) is 1. The zero-order valence-electron chi connectivity index (χ0n) is 10.5. The van der Waals surface area contributed by atoms with E-state index in [9.17, 15) is 4.79 Å². The fraction of sp³-hybridized carbons (Fsp3) is 0.769. The van der Waals surface area contributed by atoms with E-state index in [-0.39, 0.29) is 5.41 Å². The predicted molar refractivity (Wildman–Crippen MR) is 63.6 cm³/mol. The van der Waals surface area contributed by atoms with Crippen LogP contribution in [0.15, 0.2) is 12.2 Å². The lowest BCUT2D eigenvalue weighted by atomic mass is 9.99. The van der Waals surface area contributed by atoms with E-state index in [0.717, 1.165) is 25.9 Å². The number of hydrogen-bond donors (Lipinski definition) is 0. The molecule has 86 valence electrons. The highest BCUT2D eigenvalue weighted by molar-refractivity contribution is 5.86. The van der Waals surface area contributed by atoms with Crippen LogP contribution >= 0.6 is 0 Å². The molecule has 0 unspecified atom stereocenters. The van der Waals surface area contributed by atoms with E-state index in [1.165, 1.54) is 5.57 Å². The summed E-state index contributed by atoms with van der Waals surface area (Å²) in [5, 5.41) is 0. The van der Waals surface area contributed by atoms with Gasteiger partial charge in [-0.05, 0) is 32.6 Å². The number of allylic oxidation sites excluding steroid dienone is 1. The molecule has 0 spiro atoms. The van der Waals surface area contributed by atoms with Crippen LogP contribution in [0.5, 0.6) is 0 Å².